The van der Waals surface area contributed by atoms with E-state index in [1.807, 2.05) is 32.3 Å². The minimum atomic E-state index is 0.0700. The van der Waals surface area contributed by atoms with Crippen molar-refractivity contribution in [1.29, 1.82) is 0 Å². The summed E-state index contributed by atoms with van der Waals surface area (Å²) in [5.74, 6) is 0.0700. The first-order valence-electron chi connectivity index (χ1n) is 5.46. The number of aromatic hydroxyl groups is 1. The molecular weight excluding hydrogens is 228 g/mol. The van der Waals surface area contributed by atoms with Crippen molar-refractivity contribution >= 4 is 12.0 Å². The SMILES string of the molecule is CN(C)c1ccccc1.O=Cc1ccc(O)cn1. The topological polar surface area (TPSA) is 53.4 Å². The summed E-state index contributed by atoms with van der Waals surface area (Å²) in [6.07, 6.45) is 1.85. The third-order valence-corrected chi connectivity index (χ3v) is 2.16. The molecule has 0 atom stereocenters. The number of nitrogens with zero attached hydrogens (tertiary/aromatic N) is 2. The van der Waals surface area contributed by atoms with Crippen LogP contribution in [0.4, 0.5) is 5.69 Å². The second kappa shape index (κ2) is 7.06. The van der Waals surface area contributed by atoms with Gasteiger partial charge in [-0.2, -0.15) is 0 Å². The molecule has 0 aliphatic carbocycles. The molecular formula is C14H16N2O2. The summed E-state index contributed by atoms with van der Waals surface area (Å²) in [6, 6.07) is 13.1. The van der Waals surface area contributed by atoms with E-state index in [0.717, 1.165) is 0 Å². The number of carbonyl (C=O) groups is 1. The van der Waals surface area contributed by atoms with Crippen molar-refractivity contribution in [2.45, 2.75) is 0 Å². The van der Waals surface area contributed by atoms with E-state index in [1.54, 1.807) is 0 Å². The van der Waals surface area contributed by atoms with E-state index in [1.165, 1.54) is 24.0 Å². The summed E-state index contributed by atoms with van der Waals surface area (Å²) in [5, 5.41) is 8.67. The lowest BCUT2D eigenvalue weighted by molar-refractivity contribution is 0.111. The van der Waals surface area contributed by atoms with Crippen LogP contribution in [-0.4, -0.2) is 30.5 Å². The quantitative estimate of drug-likeness (QED) is 0.824. The lowest BCUT2D eigenvalue weighted by Crippen LogP contribution is -2.07. The number of benzene rings is 1. The van der Waals surface area contributed by atoms with Crippen LogP contribution in [0.25, 0.3) is 0 Å². The van der Waals surface area contributed by atoms with Crippen LogP contribution < -0.4 is 4.90 Å². The zero-order valence-corrected chi connectivity index (χ0v) is 10.4. The fraction of sp³-hybridized carbons (Fsp3) is 0.143. The lowest BCUT2D eigenvalue weighted by atomic mass is 10.3. The molecule has 0 radical (unpaired) electrons. The van der Waals surface area contributed by atoms with Gasteiger partial charge in [0.05, 0.1) is 6.20 Å². The Hall–Kier alpha value is -2.36. The fourth-order valence-corrected chi connectivity index (χ4v) is 1.19. The predicted octanol–water partition coefficient (Wildman–Crippen LogP) is 2.35. The average Bonchev–Trinajstić information content (AvgIpc) is 2.41. The predicted molar refractivity (Wildman–Crippen MR) is 72.1 cm³/mol. The minimum absolute atomic E-state index is 0.0700. The minimum Gasteiger partial charge on any atom is -0.506 e. The first-order chi connectivity index (χ1) is 8.63. The van der Waals surface area contributed by atoms with Gasteiger partial charge in [-0.1, -0.05) is 18.2 Å². The largest absolute Gasteiger partial charge is 0.506 e. The van der Waals surface area contributed by atoms with E-state index in [0.29, 0.717) is 12.0 Å². The molecule has 18 heavy (non-hydrogen) atoms. The number of hydrogen-bond acceptors (Lipinski definition) is 4. The monoisotopic (exact) mass is 244 g/mol. The Bertz CT molecular complexity index is 467. The average molecular weight is 244 g/mol. The maximum Gasteiger partial charge on any atom is 0.168 e. The Morgan fingerprint density at radius 2 is 1.78 bits per heavy atom. The summed E-state index contributed by atoms with van der Waals surface area (Å²) >= 11 is 0. The molecule has 1 N–H and O–H groups in total. The van der Waals surface area contributed by atoms with Gasteiger partial charge in [-0.25, -0.2) is 4.98 Å². The van der Waals surface area contributed by atoms with Crippen LogP contribution in [0, 0.1) is 0 Å². The highest BCUT2D eigenvalue weighted by Gasteiger charge is 1.89. The Labute approximate surface area is 107 Å². The van der Waals surface area contributed by atoms with E-state index in [-0.39, 0.29) is 5.75 Å². The zero-order valence-electron chi connectivity index (χ0n) is 10.4. The Balaban J connectivity index is 0.000000180. The van der Waals surface area contributed by atoms with Gasteiger partial charge in [0.2, 0.25) is 0 Å². The number of aromatic nitrogens is 1. The van der Waals surface area contributed by atoms with Gasteiger partial charge < -0.3 is 10.0 Å². The van der Waals surface area contributed by atoms with Gasteiger partial charge in [-0.3, -0.25) is 4.79 Å². The summed E-state index contributed by atoms with van der Waals surface area (Å²) in [5.41, 5.74) is 1.57. The Morgan fingerprint density at radius 3 is 2.17 bits per heavy atom. The maximum atomic E-state index is 9.97. The molecule has 0 bridgehead atoms. The number of rotatable bonds is 2. The van der Waals surface area contributed by atoms with Crippen LogP contribution in [0.3, 0.4) is 0 Å². The smallest absolute Gasteiger partial charge is 0.168 e. The molecule has 0 saturated heterocycles. The van der Waals surface area contributed by atoms with Gasteiger partial charge in [-0.15, -0.1) is 0 Å². The molecule has 1 aromatic carbocycles. The second-order valence-corrected chi connectivity index (χ2v) is 3.79. The summed E-state index contributed by atoms with van der Waals surface area (Å²) in [4.78, 5) is 15.6. The molecule has 2 rings (SSSR count). The summed E-state index contributed by atoms with van der Waals surface area (Å²) < 4.78 is 0. The van der Waals surface area contributed by atoms with Crippen LogP contribution in [0.1, 0.15) is 10.5 Å². The van der Waals surface area contributed by atoms with Crippen molar-refractivity contribution in [3.63, 3.8) is 0 Å². The third kappa shape index (κ3) is 4.65. The fourth-order valence-electron chi connectivity index (χ4n) is 1.19. The molecule has 0 spiro atoms. The number of anilines is 1. The number of carbonyl (C=O) groups excluding carboxylic acids is 1. The highest BCUT2D eigenvalue weighted by Crippen LogP contribution is 2.07. The van der Waals surface area contributed by atoms with Crippen molar-refractivity contribution in [3.05, 3.63) is 54.4 Å². The standard InChI is InChI=1S/C8H11N.C6H5NO2/c1-9(2)8-6-4-3-5-7-8;8-4-5-1-2-6(9)3-7-5/h3-7H,1-2H3;1-4,9H. The molecule has 1 aromatic heterocycles. The number of aldehydes is 1. The molecule has 2 aromatic rings. The van der Waals surface area contributed by atoms with Gasteiger partial charge in [0, 0.05) is 19.8 Å². The van der Waals surface area contributed by atoms with Crippen molar-refractivity contribution in [1.82, 2.24) is 4.98 Å². The number of para-hydroxylation sites is 1. The van der Waals surface area contributed by atoms with Gasteiger partial charge in [0.15, 0.2) is 6.29 Å². The number of pyridine rings is 1. The van der Waals surface area contributed by atoms with Crippen LogP contribution in [-0.2, 0) is 0 Å². The maximum absolute atomic E-state index is 9.97. The molecule has 1 heterocycles. The number of hydrogen-bond donors (Lipinski definition) is 1. The Morgan fingerprint density at radius 1 is 1.11 bits per heavy atom. The molecule has 0 fully saturated rings. The van der Waals surface area contributed by atoms with Crippen LogP contribution in [0.2, 0.25) is 0 Å². The van der Waals surface area contributed by atoms with E-state index in [2.05, 4.69) is 22.0 Å². The van der Waals surface area contributed by atoms with Crippen LogP contribution >= 0.6 is 0 Å². The van der Waals surface area contributed by atoms with Gasteiger partial charge in [-0.05, 0) is 24.3 Å². The van der Waals surface area contributed by atoms with Crippen molar-refractivity contribution in [2.24, 2.45) is 0 Å². The van der Waals surface area contributed by atoms with Gasteiger partial charge >= 0.3 is 0 Å². The highest BCUT2D eigenvalue weighted by atomic mass is 16.3. The summed E-state index contributed by atoms with van der Waals surface area (Å²) in [6.45, 7) is 0. The third-order valence-electron chi connectivity index (χ3n) is 2.16. The molecule has 4 heteroatoms. The van der Waals surface area contributed by atoms with E-state index in [4.69, 9.17) is 5.11 Å². The van der Waals surface area contributed by atoms with Gasteiger partial charge in [0.25, 0.3) is 0 Å². The van der Waals surface area contributed by atoms with Crippen molar-refractivity contribution in [3.8, 4) is 5.75 Å². The first kappa shape index (κ1) is 13.7. The van der Waals surface area contributed by atoms with Crippen molar-refractivity contribution in [2.75, 3.05) is 19.0 Å². The van der Waals surface area contributed by atoms with Gasteiger partial charge in [0.1, 0.15) is 11.4 Å². The molecule has 0 saturated carbocycles. The Kier molecular flexibility index (Phi) is 5.38. The molecule has 0 unspecified atom stereocenters. The molecule has 94 valence electrons. The molecule has 0 aliphatic heterocycles. The lowest BCUT2D eigenvalue weighted by Gasteiger charge is -2.10. The van der Waals surface area contributed by atoms with E-state index < -0.39 is 0 Å². The normalized spacial score (nSPS) is 9.00. The zero-order chi connectivity index (χ0) is 13.4. The van der Waals surface area contributed by atoms with Crippen LogP contribution in [0.15, 0.2) is 48.7 Å². The van der Waals surface area contributed by atoms with E-state index in [9.17, 15) is 4.79 Å². The second-order valence-electron chi connectivity index (χ2n) is 3.79. The molecule has 0 aliphatic rings. The van der Waals surface area contributed by atoms with Crippen molar-refractivity contribution < 1.29 is 9.90 Å². The first-order valence-corrected chi connectivity index (χ1v) is 5.46. The van der Waals surface area contributed by atoms with E-state index >= 15 is 0 Å². The molecule has 4 nitrogen and oxygen atoms in total. The molecule has 0 amide bonds. The van der Waals surface area contributed by atoms with Crippen LogP contribution in [0.5, 0.6) is 5.75 Å². The summed E-state index contributed by atoms with van der Waals surface area (Å²) in [7, 11) is 4.07. The highest BCUT2D eigenvalue weighted by molar-refractivity contribution is 5.71.